The van der Waals surface area contributed by atoms with Crippen LogP contribution in [-0.2, 0) is 16.2 Å². The van der Waals surface area contributed by atoms with Gasteiger partial charge >= 0.3 is 0 Å². The summed E-state index contributed by atoms with van der Waals surface area (Å²) in [6.45, 7) is 1.95. The van der Waals surface area contributed by atoms with Gasteiger partial charge in [0.25, 0.3) is 5.91 Å². The first-order valence-electron chi connectivity index (χ1n) is 10.6. The Hall–Kier alpha value is -4.33. The van der Waals surface area contributed by atoms with Gasteiger partial charge in [-0.25, -0.2) is 5.43 Å². The molecule has 0 saturated heterocycles. The van der Waals surface area contributed by atoms with Crippen LogP contribution in [0.2, 0.25) is 0 Å². The van der Waals surface area contributed by atoms with Crippen molar-refractivity contribution in [1.82, 2.24) is 5.43 Å². The second kappa shape index (κ2) is 12.1. The number of nitrogens with one attached hydrogen (secondary N) is 2. The van der Waals surface area contributed by atoms with Crippen LogP contribution in [-0.4, -0.2) is 32.2 Å². The number of rotatable bonds is 10. The molecular weight excluding hydrogens is 434 g/mol. The van der Waals surface area contributed by atoms with Crippen molar-refractivity contribution in [2.24, 2.45) is 11.0 Å². The molecule has 0 heterocycles. The number of nitrogens with zero attached hydrogens (tertiary/aromatic N) is 1. The number of carbonyl (C=O) groups is 2. The third kappa shape index (κ3) is 7.09. The van der Waals surface area contributed by atoms with Gasteiger partial charge in [0, 0.05) is 5.69 Å². The molecule has 0 saturated carbocycles. The fourth-order valence-corrected chi connectivity index (χ4v) is 2.85. The average Bonchev–Trinajstić information content (AvgIpc) is 2.88. The first kappa shape index (κ1) is 24.3. The predicted octanol–water partition coefficient (Wildman–Crippen LogP) is 4.01. The molecule has 0 fully saturated rings. The lowest BCUT2D eigenvalue weighted by atomic mass is 10.1. The van der Waals surface area contributed by atoms with Crippen LogP contribution in [0.1, 0.15) is 18.1 Å². The highest BCUT2D eigenvalue weighted by molar-refractivity contribution is 6.06. The maximum Gasteiger partial charge on any atom is 0.252 e. The first-order chi connectivity index (χ1) is 16.5. The lowest BCUT2D eigenvalue weighted by Gasteiger charge is -2.11. The van der Waals surface area contributed by atoms with Crippen LogP contribution in [0.25, 0.3) is 0 Å². The molecule has 0 bridgehead atoms. The molecule has 0 aliphatic rings. The number of hydrogen-bond acceptors (Lipinski definition) is 6. The standard InChI is InChI=1S/C26H27N3O5/c1-18(25(30)28-21-8-14-23(33-3)15-9-21)26(31)29-27-16-19-4-12-24(13-5-19)34-17-20-6-10-22(32-2)11-7-20/h4-16,18H,17H2,1-3H3,(H,28,30)(H,29,31). The topological polar surface area (TPSA) is 98.3 Å². The zero-order chi connectivity index (χ0) is 24.3. The van der Waals surface area contributed by atoms with Crippen LogP contribution in [0.5, 0.6) is 17.2 Å². The SMILES string of the molecule is COc1ccc(COc2ccc(C=NNC(=O)C(C)C(=O)Nc3ccc(OC)cc3)cc2)cc1. The van der Waals surface area contributed by atoms with E-state index in [1.54, 1.807) is 38.5 Å². The summed E-state index contributed by atoms with van der Waals surface area (Å²) in [5, 5.41) is 6.63. The van der Waals surface area contributed by atoms with Gasteiger partial charge in [0.1, 0.15) is 29.8 Å². The number of hydrazone groups is 1. The van der Waals surface area contributed by atoms with E-state index >= 15 is 0 Å². The van der Waals surface area contributed by atoms with E-state index in [0.29, 0.717) is 23.8 Å². The number of anilines is 1. The number of carbonyl (C=O) groups excluding carboxylic acids is 2. The van der Waals surface area contributed by atoms with Gasteiger partial charge in [-0.15, -0.1) is 0 Å². The number of amides is 2. The van der Waals surface area contributed by atoms with Crippen LogP contribution in [0.4, 0.5) is 5.69 Å². The predicted molar refractivity (Wildman–Crippen MR) is 130 cm³/mol. The summed E-state index contributed by atoms with van der Waals surface area (Å²) in [4.78, 5) is 24.5. The van der Waals surface area contributed by atoms with Crippen LogP contribution in [0, 0.1) is 5.92 Å². The smallest absolute Gasteiger partial charge is 0.252 e. The lowest BCUT2D eigenvalue weighted by Crippen LogP contribution is -2.34. The van der Waals surface area contributed by atoms with E-state index < -0.39 is 17.7 Å². The van der Waals surface area contributed by atoms with Gasteiger partial charge in [-0.1, -0.05) is 12.1 Å². The van der Waals surface area contributed by atoms with Crippen LogP contribution in [0.3, 0.4) is 0 Å². The fraction of sp³-hybridized carbons (Fsp3) is 0.192. The highest BCUT2D eigenvalue weighted by Gasteiger charge is 2.21. The summed E-state index contributed by atoms with van der Waals surface area (Å²) in [5.74, 6) is 0.313. The molecule has 34 heavy (non-hydrogen) atoms. The highest BCUT2D eigenvalue weighted by atomic mass is 16.5. The maximum absolute atomic E-state index is 12.3. The van der Waals surface area contributed by atoms with E-state index in [1.165, 1.54) is 13.1 Å². The summed E-state index contributed by atoms with van der Waals surface area (Å²) >= 11 is 0. The van der Waals surface area contributed by atoms with Crippen molar-refractivity contribution in [2.75, 3.05) is 19.5 Å². The average molecular weight is 462 g/mol. The van der Waals surface area contributed by atoms with Crippen LogP contribution >= 0.6 is 0 Å². The summed E-state index contributed by atoms with van der Waals surface area (Å²) < 4.78 is 16.0. The molecule has 1 atom stereocenters. The van der Waals surface area contributed by atoms with Crippen molar-refractivity contribution in [1.29, 1.82) is 0 Å². The van der Waals surface area contributed by atoms with Crippen molar-refractivity contribution in [3.8, 4) is 17.2 Å². The summed E-state index contributed by atoms with van der Waals surface area (Å²) in [6.07, 6.45) is 1.50. The van der Waals surface area contributed by atoms with Crippen molar-refractivity contribution < 1.29 is 23.8 Å². The number of ether oxygens (including phenoxy) is 3. The third-order valence-corrected chi connectivity index (χ3v) is 4.98. The Bertz CT molecular complexity index is 1110. The Kier molecular flexibility index (Phi) is 8.62. The van der Waals surface area contributed by atoms with Crippen molar-refractivity contribution in [3.05, 3.63) is 83.9 Å². The Morgan fingerprint density at radius 3 is 1.97 bits per heavy atom. The zero-order valence-electron chi connectivity index (χ0n) is 19.3. The molecular formula is C26H27N3O5. The van der Waals surface area contributed by atoms with E-state index in [-0.39, 0.29) is 0 Å². The minimum Gasteiger partial charge on any atom is -0.497 e. The fourth-order valence-electron chi connectivity index (χ4n) is 2.85. The molecule has 0 aromatic heterocycles. The van der Waals surface area contributed by atoms with Gasteiger partial charge in [0.05, 0.1) is 20.4 Å². The van der Waals surface area contributed by atoms with Crippen molar-refractivity contribution >= 4 is 23.7 Å². The molecule has 2 amide bonds. The van der Waals surface area contributed by atoms with E-state index in [9.17, 15) is 9.59 Å². The first-order valence-corrected chi connectivity index (χ1v) is 10.6. The maximum atomic E-state index is 12.3. The quantitative estimate of drug-likeness (QED) is 0.270. The van der Waals surface area contributed by atoms with Gasteiger partial charge in [-0.05, 0) is 78.7 Å². The Labute approximate surface area is 198 Å². The van der Waals surface area contributed by atoms with E-state index in [2.05, 4.69) is 15.8 Å². The van der Waals surface area contributed by atoms with E-state index in [4.69, 9.17) is 14.2 Å². The van der Waals surface area contributed by atoms with Gasteiger partial charge in [0.2, 0.25) is 5.91 Å². The van der Waals surface area contributed by atoms with Gasteiger partial charge < -0.3 is 19.5 Å². The molecule has 0 spiro atoms. The van der Waals surface area contributed by atoms with Crippen LogP contribution in [0.15, 0.2) is 77.9 Å². The molecule has 0 radical (unpaired) electrons. The molecule has 1 unspecified atom stereocenters. The van der Waals surface area contributed by atoms with Crippen molar-refractivity contribution in [2.45, 2.75) is 13.5 Å². The normalized spacial score (nSPS) is 11.5. The minimum absolute atomic E-state index is 0.434. The van der Waals surface area contributed by atoms with Crippen molar-refractivity contribution in [3.63, 3.8) is 0 Å². The largest absolute Gasteiger partial charge is 0.497 e. The molecule has 0 aliphatic heterocycles. The monoisotopic (exact) mass is 461 g/mol. The van der Waals surface area contributed by atoms with Gasteiger partial charge in [0.15, 0.2) is 0 Å². The van der Waals surface area contributed by atoms with E-state index in [1.807, 2.05) is 48.5 Å². The number of benzene rings is 3. The van der Waals surface area contributed by atoms with Gasteiger partial charge in [-0.2, -0.15) is 5.10 Å². The molecule has 0 aliphatic carbocycles. The van der Waals surface area contributed by atoms with Crippen LogP contribution < -0.4 is 25.0 Å². The number of hydrogen-bond donors (Lipinski definition) is 2. The third-order valence-electron chi connectivity index (χ3n) is 4.98. The Balaban J connectivity index is 1.45. The molecule has 8 nitrogen and oxygen atoms in total. The molecule has 2 N–H and O–H groups in total. The van der Waals surface area contributed by atoms with E-state index in [0.717, 1.165) is 16.9 Å². The second-order valence-electron chi connectivity index (χ2n) is 7.38. The molecule has 176 valence electrons. The summed E-state index contributed by atoms with van der Waals surface area (Å²) in [7, 11) is 3.19. The molecule has 3 aromatic rings. The van der Waals surface area contributed by atoms with Gasteiger partial charge in [-0.3, -0.25) is 9.59 Å². The Morgan fingerprint density at radius 2 is 1.38 bits per heavy atom. The molecule has 3 rings (SSSR count). The minimum atomic E-state index is -0.923. The highest BCUT2D eigenvalue weighted by Crippen LogP contribution is 2.17. The number of methoxy groups -OCH3 is 2. The Morgan fingerprint density at radius 1 is 0.824 bits per heavy atom. The molecule has 8 heteroatoms. The molecule has 3 aromatic carbocycles. The summed E-state index contributed by atoms with van der Waals surface area (Å²) in [6, 6.07) is 21.8. The summed E-state index contributed by atoms with van der Waals surface area (Å²) in [5.41, 5.74) is 4.76. The lowest BCUT2D eigenvalue weighted by molar-refractivity contribution is -0.131. The second-order valence-corrected chi connectivity index (χ2v) is 7.38. The zero-order valence-corrected chi connectivity index (χ0v) is 19.3.